The summed E-state index contributed by atoms with van der Waals surface area (Å²) < 4.78 is 12.8. The Hall–Kier alpha value is -2.96. The van der Waals surface area contributed by atoms with Crippen LogP contribution >= 0.6 is 15.9 Å². The van der Waals surface area contributed by atoms with Crippen molar-refractivity contribution in [3.8, 4) is 5.75 Å². The molecule has 2 heterocycles. The molecule has 2 aliphatic heterocycles. The largest absolute Gasteiger partial charge is 0.464 e. The topological polar surface area (TPSA) is 64.6 Å². The number of hydrogen-bond donors (Lipinski definition) is 1. The van der Waals surface area contributed by atoms with E-state index in [1.165, 1.54) is 0 Å². The van der Waals surface area contributed by atoms with Crippen molar-refractivity contribution in [3.05, 3.63) is 93.0 Å². The Morgan fingerprint density at radius 1 is 0.903 bits per heavy atom. The Morgan fingerprint density at radius 2 is 1.68 bits per heavy atom. The quantitative estimate of drug-likeness (QED) is 0.435. The fourth-order valence-corrected chi connectivity index (χ4v) is 5.25. The lowest BCUT2D eigenvalue weighted by atomic mass is 9.82. The molecule has 0 amide bonds. The summed E-state index contributed by atoms with van der Waals surface area (Å²) in [5.41, 5.74) is 3.45. The lowest BCUT2D eigenvalue weighted by Gasteiger charge is -2.36. The van der Waals surface area contributed by atoms with Crippen LogP contribution in [0.3, 0.4) is 0 Å². The monoisotopic (exact) mass is 475 g/mol. The van der Waals surface area contributed by atoms with Crippen molar-refractivity contribution in [1.29, 1.82) is 0 Å². The van der Waals surface area contributed by atoms with Crippen LogP contribution < -0.4 is 10.1 Å². The predicted molar refractivity (Wildman–Crippen MR) is 119 cm³/mol. The number of nitrogens with one attached hydrogen (secondary N) is 1. The van der Waals surface area contributed by atoms with Crippen molar-refractivity contribution in [1.82, 2.24) is 0 Å². The maximum absolute atomic E-state index is 13.4. The number of halogens is 1. The van der Waals surface area contributed by atoms with E-state index in [0.717, 1.165) is 22.2 Å². The highest BCUT2D eigenvalue weighted by Gasteiger charge is 2.43. The van der Waals surface area contributed by atoms with Crippen molar-refractivity contribution in [2.75, 3.05) is 11.9 Å². The van der Waals surface area contributed by atoms with E-state index in [4.69, 9.17) is 9.47 Å². The summed E-state index contributed by atoms with van der Waals surface area (Å²) in [7, 11) is 0. The maximum Gasteiger partial charge on any atom is 0.205 e. The molecule has 3 atom stereocenters. The fourth-order valence-electron chi connectivity index (χ4n) is 4.87. The van der Waals surface area contributed by atoms with Crippen molar-refractivity contribution < 1.29 is 19.1 Å². The summed E-state index contributed by atoms with van der Waals surface area (Å²) in [5, 5.41) is 3.59. The number of ketones is 2. The fraction of sp³-hybridized carbons (Fsp3) is 0.200. The second kappa shape index (κ2) is 7.04. The second-order valence-electron chi connectivity index (χ2n) is 8.05. The molecule has 0 radical (unpaired) electrons. The molecule has 3 aromatic rings. The van der Waals surface area contributed by atoms with Gasteiger partial charge in [0, 0.05) is 38.3 Å². The van der Waals surface area contributed by atoms with Gasteiger partial charge in [-0.05, 0) is 30.7 Å². The number of anilines is 1. The van der Waals surface area contributed by atoms with Crippen molar-refractivity contribution in [2.45, 2.75) is 18.8 Å². The average Bonchev–Trinajstić information content (AvgIpc) is 3.26. The van der Waals surface area contributed by atoms with Gasteiger partial charge in [0.05, 0.1) is 18.2 Å². The van der Waals surface area contributed by atoms with Gasteiger partial charge < -0.3 is 14.8 Å². The minimum atomic E-state index is -0.330. The zero-order valence-corrected chi connectivity index (χ0v) is 18.0. The van der Waals surface area contributed by atoms with Gasteiger partial charge in [-0.15, -0.1) is 0 Å². The SMILES string of the molecule is O=C1c2ccccc2C(=O)c2c(N[C@@H]3c4cc(Br)ccc4O[C@@H]4OCC[C@@H]43)cccc21. The predicted octanol–water partition coefficient (Wildman–Crippen LogP) is 5.13. The van der Waals surface area contributed by atoms with Crippen molar-refractivity contribution in [2.24, 2.45) is 5.92 Å². The van der Waals surface area contributed by atoms with Gasteiger partial charge in [0.15, 0.2) is 11.6 Å². The average molecular weight is 476 g/mol. The molecule has 0 aromatic heterocycles. The molecule has 6 rings (SSSR count). The zero-order chi connectivity index (χ0) is 21.1. The second-order valence-corrected chi connectivity index (χ2v) is 8.96. The Bertz CT molecular complexity index is 1250. The molecule has 0 saturated carbocycles. The van der Waals surface area contributed by atoms with Gasteiger partial charge in [-0.2, -0.15) is 0 Å². The third-order valence-electron chi connectivity index (χ3n) is 6.32. The first kappa shape index (κ1) is 18.8. The van der Waals surface area contributed by atoms with Gasteiger partial charge in [0.25, 0.3) is 0 Å². The summed E-state index contributed by atoms with van der Waals surface area (Å²) in [6, 6.07) is 18.2. The van der Waals surface area contributed by atoms with E-state index in [9.17, 15) is 9.59 Å². The maximum atomic E-state index is 13.4. The van der Waals surface area contributed by atoms with Gasteiger partial charge in [-0.25, -0.2) is 0 Å². The van der Waals surface area contributed by atoms with Crippen LogP contribution in [0.4, 0.5) is 5.69 Å². The Balaban J connectivity index is 1.47. The van der Waals surface area contributed by atoms with E-state index in [1.807, 2.05) is 30.3 Å². The van der Waals surface area contributed by atoms with Crippen LogP contribution in [0.15, 0.2) is 65.1 Å². The molecule has 0 bridgehead atoms. The molecule has 3 aliphatic rings. The van der Waals surface area contributed by atoms with E-state index >= 15 is 0 Å². The Kier molecular flexibility index (Phi) is 4.26. The molecule has 1 aliphatic carbocycles. The van der Waals surface area contributed by atoms with Crippen LogP contribution in [0.5, 0.6) is 5.75 Å². The normalized spacial score (nSPS) is 23.3. The van der Waals surface area contributed by atoms with Gasteiger partial charge >= 0.3 is 0 Å². The van der Waals surface area contributed by atoms with E-state index in [0.29, 0.717) is 34.5 Å². The molecule has 1 fully saturated rings. The van der Waals surface area contributed by atoms with Gasteiger partial charge in [0.2, 0.25) is 6.29 Å². The summed E-state index contributed by atoms with van der Waals surface area (Å²) in [4.78, 5) is 26.5. The standard InChI is InChI=1S/C25H18BrNO4/c26-13-8-9-20-18(12-13)22(17-10-11-30-25(17)31-20)27-19-7-3-6-16-21(19)24(29)15-5-2-1-4-14(15)23(16)28/h1-9,12,17,22,25,27H,10-11H2/t17-,22+,25+/m1/s1. The highest BCUT2D eigenvalue weighted by Crippen LogP contribution is 2.46. The number of carbonyl (C=O) groups is 2. The summed E-state index contributed by atoms with van der Waals surface area (Å²) in [5.74, 6) is 0.612. The first-order valence-corrected chi connectivity index (χ1v) is 11.1. The summed E-state index contributed by atoms with van der Waals surface area (Å²) in [6.45, 7) is 0.625. The first-order chi connectivity index (χ1) is 15.1. The van der Waals surface area contributed by atoms with E-state index in [-0.39, 0.29) is 29.8 Å². The van der Waals surface area contributed by atoms with E-state index in [2.05, 4.69) is 21.2 Å². The summed E-state index contributed by atoms with van der Waals surface area (Å²) >= 11 is 3.56. The minimum absolute atomic E-state index is 0.0966. The molecular weight excluding hydrogens is 458 g/mol. The molecule has 1 saturated heterocycles. The third-order valence-corrected chi connectivity index (χ3v) is 6.82. The molecule has 3 aromatic carbocycles. The number of benzene rings is 3. The zero-order valence-electron chi connectivity index (χ0n) is 16.4. The van der Waals surface area contributed by atoms with E-state index in [1.54, 1.807) is 30.3 Å². The number of fused-ring (bicyclic) bond motifs is 4. The van der Waals surface area contributed by atoms with Crippen LogP contribution in [0.1, 0.15) is 49.9 Å². The molecule has 0 unspecified atom stereocenters. The van der Waals surface area contributed by atoms with Crippen LogP contribution in [0, 0.1) is 5.92 Å². The highest BCUT2D eigenvalue weighted by molar-refractivity contribution is 9.10. The number of carbonyl (C=O) groups excluding carboxylic acids is 2. The third kappa shape index (κ3) is 2.86. The lowest BCUT2D eigenvalue weighted by Crippen LogP contribution is -2.36. The van der Waals surface area contributed by atoms with Crippen LogP contribution in [0.25, 0.3) is 0 Å². The van der Waals surface area contributed by atoms with Gasteiger partial charge in [-0.3, -0.25) is 9.59 Å². The van der Waals surface area contributed by atoms with E-state index < -0.39 is 0 Å². The van der Waals surface area contributed by atoms with Crippen LogP contribution in [-0.2, 0) is 4.74 Å². The number of ether oxygens (including phenoxy) is 2. The first-order valence-electron chi connectivity index (χ1n) is 10.3. The molecular formula is C25H18BrNO4. The molecule has 154 valence electrons. The van der Waals surface area contributed by atoms with Gasteiger partial charge in [-0.1, -0.05) is 52.3 Å². The van der Waals surface area contributed by atoms with Crippen LogP contribution in [0.2, 0.25) is 0 Å². The molecule has 5 nitrogen and oxygen atoms in total. The molecule has 6 heteroatoms. The lowest BCUT2D eigenvalue weighted by molar-refractivity contribution is -0.0748. The summed E-state index contributed by atoms with van der Waals surface area (Å²) in [6.07, 6.45) is 0.516. The van der Waals surface area contributed by atoms with Crippen molar-refractivity contribution >= 4 is 33.2 Å². The van der Waals surface area contributed by atoms with Crippen molar-refractivity contribution in [3.63, 3.8) is 0 Å². The minimum Gasteiger partial charge on any atom is -0.464 e. The molecule has 0 spiro atoms. The van der Waals surface area contributed by atoms with Crippen LogP contribution in [-0.4, -0.2) is 24.5 Å². The van der Waals surface area contributed by atoms with Gasteiger partial charge in [0.1, 0.15) is 5.75 Å². The Morgan fingerprint density at radius 3 is 2.52 bits per heavy atom. The molecule has 1 N–H and O–H groups in total. The Labute approximate surface area is 187 Å². The highest BCUT2D eigenvalue weighted by atomic mass is 79.9. The molecule has 31 heavy (non-hydrogen) atoms. The smallest absolute Gasteiger partial charge is 0.205 e. The number of rotatable bonds is 2. The number of hydrogen-bond acceptors (Lipinski definition) is 5.